The number of rotatable bonds is 3. The van der Waals surface area contributed by atoms with Crippen molar-refractivity contribution in [3.8, 4) is 0 Å². The quantitative estimate of drug-likeness (QED) is 0.439. The summed E-state index contributed by atoms with van der Waals surface area (Å²) in [4.78, 5) is 34.1. The number of aromatic carboxylic acids is 1. The summed E-state index contributed by atoms with van der Waals surface area (Å²) in [6.45, 7) is 0.563. The number of para-hydroxylation sites is 1. The van der Waals surface area contributed by atoms with Gasteiger partial charge in [-0.1, -0.05) is 18.2 Å². The molecule has 26 heavy (non-hydrogen) atoms. The zero-order valence-electron chi connectivity index (χ0n) is 14.4. The molecule has 130 valence electrons. The highest BCUT2D eigenvalue weighted by atomic mass is 16.4. The lowest BCUT2D eigenvalue weighted by Crippen LogP contribution is -2.18. The van der Waals surface area contributed by atoms with Gasteiger partial charge in [-0.25, -0.2) is 9.78 Å². The number of hydrogen-bond acceptors (Lipinski definition) is 4. The van der Waals surface area contributed by atoms with Crippen LogP contribution in [0.1, 0.15) is 15.9 Å². The molecule has 0 atom stereocenters. The number of carboxylic acid groups (broad SMARTS) is 1. The number of aromatic amines is 1. The van der Waals surface area contributed by atoms with Crippen LogP contribution >= 0.6 is 0 Å². The van der Waals surface area contributed by atoms with Crippen molar-refractivity contribution in [2.75, 3.05) is 14.1 Å². The summed E-state index contributed by atoms with van der Waals surface area (Å²) in [6, 6.07) is 12.3. The maximum absolute atomic E-state index is 12.8. The number of benzene rings is 3. The average Bonchev–Trinajstić information content (AvgIpc) is 2.61. The minimum atomic E-state index is -1.03. The average molecular weight is 347 g/mol. The Hall–Kier alpha value is -3.25. The van der Waals surface area contributed by atoms with Crippen molar-refractivity contribution in [3.05, 3.63) is 63.8 Å². The Bertz CT molecular complexity index is 1240. The molecule has 0 aliphatic carbocycles. The van der Waals surface area contributed by atoms with Crippen LogP contribution in [0.25, 0.3) is 32.8 Å². The molecule has 0 amide bonds. The summed E-state index contributed by atoms with van der Waals surface area (Å²) in [6.07, 6.45) is 0. The van der Waals surface area contributed by atoms with Gasteiger partial charge in [0.15, 0.2) is 5.43 Å². The zero-order chi connectivity index (χ0) is 18.4. The number of H-pyrrole nitrogens is 1. The highest BCUT2D eigenvalue weighted by Crippen LogP contribution is 2.25. The van der Waals surface area contributed by atoms with Gasteiger partial charge in [0.2, 0.25) is 0 Å². The van der Waals surface area contributed by atoms with Gasteiger partial charge >= 0.3 is 5.97 Å². The lowest BCUT2D eigenvalue weighted by Gasteiger charge is -2.11. The molecule has 0 spiro atoms. The van der Waals surface area contributed by atoms with E-state index in [1.807, 2.05) is 37.2 Å². The number of nitrogens with zero attached hydrogens (tertiary/aromatic N) is 2. The first-order chi connectivity index (χ1) is 12.5. The number of carbonyl (C=O) groups is 1. The Morgan fingerprint density at radius 2 is 1.77 bits per heavy atom. The van der Waals surface area contributed by atoms with E-state index in [0.29, 0.717) is 33.9 Å². The molecule has 0 radical (unpaired) electrons. The number of hydrogen-bond donors (Lipinski definition) is 2. The second-order valence-electron chi connectivity index (χ2n) is 6.59. The summed E-state index contributed by atoms with van der Waals surface area (Å²) in [5.74, 6) is -1.03. The van der Waals surface area contributed by atoms with Crippen molar-refractivity contribution >= 4 is 38.8 Å². The van der Waals surface area contributed by atoms with E-state index in [-0.39, 0.29) is 11.0 Å². The van der Waals surface area contributed by atoms with Crippen LogP contribution in [0, 0.1) is 0 Å². The van der Waals surface area contributed by atoms with Crippen LogP contribution in [0.5, 0.6) is 0 Å². The predicted octanol–water partition coefficient (Wildman–Crippen LogP) is 2.99. The van der Waals surface area contributed by atoms with Gasteiger partial charge in [-0.2, -0.15) is 0 Å². The summed E-state index contributed by atoms with van der Waals surface area (Å²) in [5.41, 5.74) is 3.20. The fourth-order valence-corrected chi connectivity index (χ4v) is 3.29. The van der Waals surface area contributed by atoms with Crippen molar-refractivity contribution < 1.29 is 9.90 Å². The second-order valence-corrected chi connectivity index (χ2v) is 6.59. The molecule has 0 saturated carbocycles. The third-order valence-corrected chi connectivity index (χ3v) is 4.45. The van der Waals surface area contributed by atoms with E-state index in [1.54, 1.807) is 18.2 Å². The standard InChI is InChI=1S/C20H17N3O3/c1-23(2)10-11-6-7-12-13(19(11)24)8-9-16-17(12)22-18-14(20(25)26)4-3-5-15(18)21-16/h3-9,21H,10H2,1-2H3,(H,25,26). The van der Waals surface area contributed by atoms with Crippen molar-refractivity contribution in [2.24, 2.45) is 0 Å². The molecule has 0 aliphatic rings. The number of fused-ring (bicyclic) bond motifs is 4. The largest absolute Gasteiger partial charge is 0.478 e. The maximum atomic E-state index is 12.8. The van der Waals surface area contributed by atoms with Gasteiger partial charge < -0.3 is 15.0 Å². The molecular formula is C20H17N3O3. The van der Waals surface area contributed by atoms with E-state index in [1.165, 1.54) is 6.07 Å². The Morgan fingerprint density at radius 3 is 2.50 bits per heavy atom. The minimum absolute atomic E-state index is 0.0217. The fraction of sp³-hybridized carbons (Fsp3) is 0.150. The first-order valence-electron chi connectivity index (χ1n) is 8.21. The summed E-state index contributed by atoms with van der Waals surface area (Å²) >= 11 is 0. The molecule has 1 heterocycles. The van der Waals surface area contributed by atoms with Gasteiger partial charge in [0.25, 0.3) is 0 Å². The zero-order valence-corrected chi connectivity index (χ0v) is 14.4. The van der Waals surface area contributed by atoms with Crippen LogP contribution in [0.3, 0.4) is 0 Å². The highest BCUT2D eigenvalue weighted by molar-refractivity contribution is 6.08. The topological polar surface area (TPSA) is 86.3 Å². The van der Waals surface area contributed by atoms with Gasteiger partial charge in [-0.05, 0) is 38.4 Å². The molecule has 2 N–H and O–H groups in total. The molecule has 0 unspecified atom stereocenters. The molecule has 6 heteroatoms. The van der Waals surface area contributed by atoms with Gasteiger partial charge in [-0.15, -0.1) is 0 Å². The smallest absolute Gasteiger partial charge is 0.337 e. The Labute approximate surface area is 148 Å². The van der Waals surface area contributed by atoms with E-state index >= 15 is 0 Å². The van der Waals surface area contributed by atoms with Crippen molar-refractivity contribution in [1.29, 1.82) is 0 Å². The van der Waals surface area contributed by atoms with E-state index < -0.39 is 5.97 Å². The van der Waals surface area contributed by atoms with Gasteiger partial charge in [0.1, 0.15) is 5.52 Å². The third kappa shape index (κ3) is 2.51. The molecule has 0 saturated heterocycles. The van der Waals surface area contributed by atoms with Crippen LogP contribution < -0.4 is 5.43 Å². The van der Waals surface area contributed by atoms with E-state index in [2.05, 4.69) is 9.97 Å². The molecule has 0 aliphatic heterocycles. The van der Waals surface area contributed by atoms with Gasteiger partial charge in [0, 0.05) is 22.9 Å². The summed E-state index contributed by atoms with van der Waals surface area (Å²) in [5, 5.41) is 10.7. The van der Waals surface area contributed by atoms with Gasteiger partial charge in [0.05, 0.1) is 22.1 Å². The minimum Gasteiger partial charge on any atom is -0.478 e. The second kappa shape index (κ2) is 5.93. The molecular weight excluding hydrogens is 330 g/mol. The first-order valence-corrected chi connectivity index (χ1v) is 8.21. The monoisotopic (exact) mass is 347 g/mol. The Morgan fingerprint density at radius 1 is 1.04 bits per heavy atom. The molecule has 4 rings (SSSR count). The first kappa shape index (κ1) is 16.2. The highest BCUT2D eigenvalue weighted by Gasteiger charge is 2.14. The van der Waals surface area contributed by atoms with E-state index in [0.717, 1.165) is 11.1 Å². The maximum Gasteiger partial charge on any atom is 0.337 e. The lowest BCUT2D eigenvalue weighted by molar-refractivity contribution is 0.0699. The van der Waals surface area contributed by atoms with Crippen molar-refractivity contribution in [3.63, 3.8) is 0 Å². The van der Waals surface area contributed by atoms with Crippen LogP contribution in [0.2, 0.25) is 0 Å². The molecule has 3 aromatic carbocycles. The third-order valence-electron chi connectivity index (χ3n) is 4.45. The lowest BCUT2D eigenvalue weighted by atomic mass is 10.0. The van der Waals surface area contributed by atoms with Crippen LogP contribution in [0.4, 0.5) is 0 Å². The SMILES string of the molecule is CN(C)Cc1ccc2c(ccc3[nH]c4cccc(C(=O)O)c4nc32)c1=O. The molecule has 0 bridgehead atoms. The number of aromatic nitrogens is 2. The van der Waals surface area contributed by atoms with E-state index in [9.17, 15) is 14.7 Å². The summed E-state index contributed by atoms with van der Waals surface area (Å²) < 4.78 is 0. The van der Waals surface area contributed by atoms with Crippen LogP contribution in [-0.4, -0.2) is 40.0 Å². The fourth-order valence-electron chi connectivity index (χ4n) is 3.29. The molecule has 0 fully saturated rings. The van der Waals surface area contributed by atoms with Crippen LogP contribution in [-0.2, 0) is 6.54 Å². The van der Waals surface area contributed by atoms with E-state index in [4.69, 9.17) is 0 Å². The molecule has 4 aromatic rings. The number of nitrogens with one attached hydrogen (secondary N) is 1. The van der Waals surface area contributed by atoms with Gasteiger partial charge in [-0.3, -0.25) is 4.79 Å². The normalized spacial score (nSPS) is 11.7. The van der Waals surface area contributed by atoms with Crippen molar-refractivity contribution in [1.82, 2.24) is 14.9 Å². The Kier molecular flexibility index (Phi) is 3.70. The van der Waals surface area contributed by atoms with Crippen LogP contribution in [0.15, 0.2) is 47.3 Å². The Balaban J connectivity index is 2.08. The molecule has 6 nitrogen and oxygen atoms in total. The summed E-state index contributed by atoms with van der Waals surface area (Å²) in [7, 11) is 3.83. The van der Waals surface area contributed by atoms with Crippen molar-refractivity contribution in [2.45, 2.75) is 6.54 Å². The molecule has 1 aromatic heterocycles. The predicted molar refractivity (Wildman–Crippen MR) is 102 cm³/mol. The number of carboxylic acids is 1.